The van der Waals surface area contributed by atoms with Crippen molar-refractivity contribution >= 4 is 11.8 Å². The summed E-state index contributed by atoms with van der Waals surface area (Å²) in [6, 6.07) is 9.67. The number of benzene rings is 1. The first-order valence-corrected chi connectivity index (χ1v) is 5.33. The molecule has 1 aromatic heterocycles. The maximum Gasteiger partial charge on any atom is 0.354 e. The summed E-state index contributed by atoms with van der Waals surface area (Å²) in [4.78, 5) is 1.48. The molecule has 1 aromatic carbocycles. The molecular weight excluding hydrogens is 198 g/mol. The molecule has 0 radical (unpaired) electrons. The van der Waals surface area contributed by atoms with Gasteiger partial charge in [-0.1, -0.05) is 36.9 Å². The summed E-state index contributed by atoms with van der Waals surface area (Å²) >= 11 is 1.53. The summed E-state index contributed by atoms with van der Waals surface area (Å²) in [5.41, 5.74) is 0.902. The van der Waals surface area contributed by atoms with E-state index in [0.717, 1.165) is 11.4 Å². The van der Waals surface area contributed by atoms with E-state index in [1.807, 2.05) is 37.3 Å². The van der Waals surface area contributed by atoms with E-state index in [9.17, 15) is 0 Å². The largest absolute Gasteiger partial charge is 0.354 e. The van der Waals surface area contributed by atoms with Crippen LogP contribution in [0, 0.1) is 0 Å². The minimum Gasteiger partial charge on any atom is -0.271 e. The van der Waals surface area contributed by atoms with E-state index in [0.29, 0.717) is 5.22 Å². The summed E-state index contributed by atoms with van der Waals surface area (Å²) in [5, 5.41) is 8.58. The smallest absolute Gasteiger partial charge is 0.271 e. The van der Waals surface area contributed by atoms with Gasteiger partial charge in [0.05, 0.1) is 5.10 Å². The third kappa shape index (κ3) is 1.93. The SMILES string of the molecule is CCSc1n[n+](-c2ccccc2)no1. The zero-order valence-electron chi connectivity index (χ0n) is 7.75. The van der Waals surface area contributed by atoms with Gasteiger partial charge >= 0.3 is 5.22 Å². The Hall–Kier alpha value is -1.36. The van der Waals surface area contributed by atoms with Crippen molar-refractivity contribution in [3.63, 3.8) is 0 Å². The summed E-state index contributed by atoms with van der Waals surface area (Å²) in [6.07, 6.45) is 0. The quantitative estimate of drug-likeness (QED) is 0.565. The molecule has 0 N–H and O–H groups in total. The van der Waals surface area contributed by atoms with Crippen LogP contribution in [0.5, 0.6) is 0 Å². The van der Waals surface area contributed by atoms with Gasteiger partial charge in [0.2, 0.25) is 5.27 Å². The highest BCUT2D eigenvalue weighted by molar-refractivity contribution is 7.99. The lowest BCUT2D eigenvalue weighted by Gasteiger charge is -1.81. The third-order valence-electron chi connectivity index (χ3n) is 1.63. The number of rotatable bonds is 3. The highest BCUT2D eigenvalue weighted by Crippen LogP contribution is 2.10. The molecule has 2 rings (SSSR count). The van der Waals surface area contributed by atoms with Crippen molar-refractivity contribution in [3.05, 3.63) is 30.3 Å². The Bertz CT molecular complexity index is 401. The van der Waals surface area contributed by atoms with Crippen molar-refractivity contribution in [2.75, 3.05) is 5.75 Å². The fourth-order valence-corrected chi connectivity index (χ4v) is 1.50. The molecule has 0 aliphatic rings. The molecule has 0 atom stereocenters. The van der Waals surface area contributed by atoms with Crippen LogP contribution in [0.3, 0.4) is 0 Å². The molecule has 0 fully saturated rings. The van der Waals surface area contributed by atoms with Crippen molar-refractivity contribution in [2.24, 2.45) is 0 Å². The average Bonchev–Trinajstić information content (AvgIpc) is 2.68. The Labute approximate surface area is 85.9 Å². The lowest BCUT2D eigenvalue weighted by molar-refractivity contribution is -0.725. The fourth-order valence-electron chi connectivity index (χ4n) is 1.03. The van der Waals surface area contributed by atoms with E-state index < -0.39 is 0 Å². The predicted octanol–water partition coefficient (Wildman–Crippen LogP) is 1.46. The third-order valence-corrected chi connectivity index (χ3v) is 2.32. The predicted molar refractivity (Wildman–Crippen MR) is 52.2 cm³/mol. The van der Waals surface area contributed by atoms with Gasteiger partial charge in [0.1, 0.15) is 4.80 Å². The second kappa shape index (κ2) is 4.23. The number of hydrogen-bond donors (Lipinski definition) is 0. The minimum absolute atomic E-state index is 0.594. The standard InChI is InChI=1S/C9H10N3OS/c1-2-14-9-10-12(11-13-9)8-6-4-3-5-7-8/h3-7H,2H2,1H3/q+1. The van der Waals surface area contributed by atoms with Crippen LogP contribution in [0.4, 0.5) is 0 Å². The topological polar surface area (TPSA) is 42.8 Å². The van der Waals surface area contributed by atoms with Crippen LogP contribution < -0.4 is 4.80 Å². The number of para-hydroxylation sites is 1. The number of nitrogens with zero attached hydrogens (tertiary/aromatic N) is 3. The first kappa shape index (κ1) is 9.21. The molecule has 0 aliphatic carbocycles. The van der Waals surface area contributed by atoms with Crippen LogP contribution in [0.25, 0.3) is 5.69 Å². The van der Waals surface area contributed by atoms with Crippen LogP contribution in [-0.4, -0.2) is 16.1 Å². The van der Waals surface area contributed by atoms with Crippen molar-refractivity contribution < 1.29 is 9.32 Å². The van der Waals surface area contributed by atoms with Crippen LogP contribution >= 0.6 is 11.8 Å². The molecule has 0 amide bonds. The van der Waals surface area contributed by atoms with Crippen molar-refractivity contribution in [1.29, 1.82) is 0 Å². The van der Waals surface area contributed by atoms with Gasteiger partial charge < -0.3 is 0 Å². The van der Waals surface area contributed by atoms with Crippen molar-refractivity contribution in [2.45, 2.75) is 12.1 Å². The molecule has 14 heavy (non-hydrogen) atoms. The second-order valence-electron chi connectivity index (χ2n) is 2.60. The Kier molecular flexibility index (Phi) is 2.78. The van der Waals surface area contributed by atoms with E-state index in [1.54, 1.807) is 0 Å². The van der Waals surface area contributed by atoms with Gasteiger partial charge in [-0.25, -0.2) is 0 Å². The van der Waals surface area contributed by atoms with Crippen LogP contribution in [-0.2, 0) is 0 Å². The fraction of sp³-hybridized carbons (Fsp3) is 0.222. The molecule has 5 heteroatoms. The number of thioether (sulfide) groups is 1. The van der Waals surface area contributed by atoms with E-state index in [2.05, 4.69) is 10.4 Å². The number of hydrogen-bond acceptors (Lipinski definition) is 4. The van der Waals surface area contributed by atoms with Gasteiger partial charge in [0.25, 0.3) is 5.69 Å². The summed E-state index contributed by atoms with van der Waals surface area (Å²) in [5.74, 6) is 0.928. The molecule has 72 valence electrons. The molecule has 0 bridgehead atoms. The highest BCUT2D eigenvalue weighted by Gasteiger charge is 2.15. The van der Waals surface area contributed by atoms with E-state index >= 15 is 0 Å². The van der Waals surface area contributed by atoms with Crippen molar-refractivity contribution in [3.8, 4) is 5.69 Å². The molecular formula is C9H10N3OS+. The Morgan fingerprint density at radius 2 is 2.14 bits per heavy atom. The van der Waals surface area contributed by atoms with Gasteiger partial charge in [-0.3, -0.25) is 4.52 Å². The van der Waals surface area contributed by atoms with Crippen LogP contribution in [0.2, 0.25) is 0 Å². The maximum atomic E-state index is 5.02. The zero-order valence-corrected chi connectivity index (χ0v) is 8.57. The first-order chi connectivity index (χ1) is 6.90. The second-order valence-corrected chi connectivity index (χ2v) is 3.81. The van der Waals surface area contributed by atoms with Gasteiger partial charge in [-0.05, 0) is 0 Å². The highest BCUT2D eigenvalue weighted by atomic mass is 32.2. The Balaban J connectivity index is 2.25. The minimum atomic E-state index is 0.594. The maximum absolute atomic E-state index is 5.02. The summed E-state index contributed by atoms with van der Waals surface area (Å²) in [7, 11) is 0. The first-order valence-electron chi connectivity index (χ1n) is 4.34. The van der Waals surface area contributed by atoms with Crippen molar-refractivity contribution in [1.82, 2.24) is 10.4 Å². The Morgan fingerprint density at radius 3 is 2.86 bits per heavy atom. The van der Waals surface area contributed by atoms with Crippen LogP contribution in [0.1, 0.15) is 6.92 Å². The molecule has 4 nitrogen and oxygen atoms in total. The molecule has 0 saturated heterocycles. The molecule has 0 spiro atoms. The normalized spacial score (nSPS) is 10.4. The van der Waals surface area contributed by atoms with Gasteiger partial charge in [0.15, 0.2) is 0 Å². The molecule has 0 aliphatic heterocycles. The molecule has 2 aromatic rings. The lowest BCUT2D eigenvalue weighted by Crippen LogP contribution is -2.35. The number of aromatic nitrogens is 3. The summed E-state index contributed by atoms with van der Waals surface area (Å²) in [6.45, 7) is 2.04. The zero-order chi connectivity index (χ0) is 9.80. The van der Waals surface area contributed by atoms with Gasteiger partial charge in [-0.2, -0.15) is 0 Å². The monoisotopic (exact) mass is 208 g/mol. The van der Waals surface area contributed by atoms with Gasteiger partial charge in [-0.15, -0.1) is 0 Å². The molecule has 0 saturated carbocycles. The van der Waals surface area contributed by atoms with Crippen LogP contribution in [0.15, 0.2) is 40.1 Å². The van der Waals surface area contributed by atoms with E-state index in [4.69, 9.17) is 4.52 Å². The lowest BCUT2D eigenvalue weighted by atomic mass is 10.3. The van der Waals surface area contributed by atoms with E-state index in [-0.39, 0.29) is 0 Å². The summed E-state index contributed by atoms with van der Waals surface area (Å²) < 4.78 is 5.02. The molecule has 1 heterocycles. The average molecular weight is 208 g/mol. The van der Waals surface area contributed by atoms with Gasteiger partial charge in [0, 0.05) is 17.9 Å². The Morgan fingerprint density at radius 1 is 1.36 bits per heavy atom. The van der Waals surface area contributed by atoms with E-state index in [1.165, 1.54) is 16.6 Å². The molecule has 0 unspecified atom stereocenters.